The van der Waals surface area contributed by atoms with E-state index in [1.54, 1.807) is 13.8 Å². The van der Waals surface area contributed by atoms with E-state index >= 15 is 0 Å². The molecule has 0 amide bonds. The molecule has 0 aliphatic carbocycles. The maximum atomic E-state index is 13.1. The minimum Gasteiger partial charge on any atom is -0.495 e. The number of piperidine rings is 1. The number of hydrogen-bond donors (Lipinski definition) is 1. The zero-order valence-electron chi connectivity index (χ0n) is 16.9. The number of benzene rings is 1. The van der Waals surface area contributed by atoms with Crippen LogP contribution in [0.1, 0.15) is 33.1 Å². The molecule has 164 valence electrons. The van der Waals surface area contributed by atoms with Gasteiger partial charge in [0.1, 0.15) is 10.6 Å². The second-order valence-corrected chi connectivity index (χ2v) is 10.5. The second-order valence-electron chi connectivity index (χ2n) is 6.74. The molecule has 1 fully saturated rings. The van der Waals surface area contributed by atoms with Crippen LogP contribution in [0.5, 0.6) is 5.75 Å². The van der Waals surface area contributed by atoms with Gasteiger partial charge in [-0.2, -0.15) is 4.31 Å². The van der Waals surface area contributed by atoms with E-state index in [0.717, 1.165) is 0 Å². The number of anilines is 1. The molecule has 1 aromatic carbocycles. The maximum Gasteiger partial charge on any atom is 0.310 e. The van der Waals surface area contributed by atoms with Gasteiger partial charge < -0.3 is 9.47 Å². The molecule has 1 heterocycles. The predicted octanol–water partition coefficient (Wildman–Crippen LogP) is 1.81. The second kappa shape index (κ2) is 9.77. The molecular weight excluding hydrogens is 420 g/mol. The molecular formula is C18H28N2O7S2. The van der Waals surface area contributed by atoms with Crippen LogP contribution in [0.15, 0.2) is 23.1 Å². The maximum absolute atomic E-state index is 13.1. The average Bonchev–Trinajstić information content (AvgIpc) is 2.67. The highest BCUT2D eigenvalue weighted by Gasteiger charge is 2.35. The summed E-state index contributed by atoms with van der Waals surface area (Å²) in [4.78, 5) is 11.9. The Hall–Kier alpha value is -1.85. The lowest BCUT2D eigenvalue weighted by molar-refractivity contribution is -0.149. The van der Waals surface area contributed by atoms with Gasteiger partial charge in [0, 0.05) is 19.2 Å². The van der Waals surface area contributed by atoms with Gasteiger partial charge in [0.05, 0.1) is 31.1 Å². The number of carbonyl (C=O) groups is 1. The van der Waals surface area contributed by atoms with E-state index in [-0.39, 0.29) is 41.8 Å². The lowest BCUT2D eigenvalue weighted by Gasteiger charge is -2.31. The average molecular weight is 449 g/mol. The fraction of sp³-hybridized carbons (Fsp3) is 0.611. The number of hydrogen-bond acceptors (Lipinski definition) is 7. The Morgan fingerprint density at radius 1 is 1.24 bits per heavy atom. The van der Waals surface area contributed by atoms with Crippen LogP contribution in [0.25, 0.3) is 0 Å². The number of esters is 1. The first-order valence-corrected chi connectivity index (χ1v) is 12.6. The smallest absolute Gasteiger partial charge is 0.310 e. The Morgan fingerprint density at radius 3 is 2.59 bits per heavy atom. The van der Waals surface area contributed by atoms with Gasteiger partial charge in [-0.05, 0) is 38.3 Å². The summed E-state index contributed by atoms with van der Waals surface area (Å²) in [5.74, 6) is -0.928. The van der Waals surface area contributed by atoms with E-state index in [4.69, 9.17) is 9.47 Å². The van der Waals surface area contributed by atoms with Crippen molar-refractivity contribution < 1.29 is 31.1 Å². The monoisotopic (exact) mass is 448 g/mol. The van der Waals surface area contributed by atoms with Crippen LogP contribution in [-0.4, -0.2) is 59.7 Å². The first kappa shape index (κ1) is 23.4. The first-order valence-electron chi connectivity index (χ1n) is 9.50. The number of carbonyl (C=O) groups excluding carboxylic acids is 1. The van der Waals surface area contributed by atoms with Gasteiger partial charge in [0.25, 0.3) is 0 Å². The van der Waals surface area contributed by atoms with Gasteiger partial charge in [0.2, 0.25) is 20.0 Å². The third kappa shape index (κ3) is 5.83. The molecule has 0 spiro atoms. The van der Waals surface area contributed by atoms with Gasteiger partial charge in [0.15, 0.2) is 0 Å². The normalized spacial score (nSPS) is 18.2. The largest absolute Gasteiger partial charge is 0.495 e. The third-order valence-corrected chi connectivity index (χ3v) is 7.93. The molecule has 0 bridgehead atoms. The molecule has 1 atom stereocenters. The fourth-order valence-electron chi connectivity index (χ4n) is 3.20. The number of ether oxygens (including phenoxy) is 2. The zero-order valence-corrected chi connectivity index (χ0v) is 18.5. The van der Waals surface area contributed by atoms with Crippen molar-refractivity contribution in [3.8, 4) is 5.75 Å². The Bertz CT molecular complexity index is 930. The van der Waals surface area contributed by atoms with Crippen molar-refractivity contribution in [2.24, 2.45) is 5.92 Å². The van der Waals surface area contributed by atoms with E-state index in [0.29, 0.717) is 19.3 Å². The van der Waals surface area contributed by atoms with Crippen LogP contribution < -0.4 is 9.46 Å². The Kier molecular flexibility index (Phi) is 7.89. The van der Waals surface area contributed by atoms with Gasteiger partial charge >= 0.3 is 5.97 Å². The van der Waals surface area contributed by atoms with E-state index in [1.165, 1.54) is 29.6 Å². The van der Waals surface area contributed by atoms with Crippen molar-refractivity contribution in [1.82, 2.24) is 4.31 Å². The van der Waals surface area contributed by atoms with Gasteiger partial charge in [-0.15, -0.1) is 0 Å². The van der Waals surface area contributed by atoms with Crippen LogP contribution in [0, 0.1) is 5.92 Å². The Labute approximate surface area is 172 Å². The van der Waals surface area contributed by atoms with Gasteiger partial charge in [-0.25, -0.2) is 16.8 Å². The van der Waals surface area contributed by atoms with Gasteiger partial charge in [-0.1, -0.05) is 6.92 Å². The summed E-state index contributed by atoms with van der Waals surface area (Å²) in [7, 11) is -6.14. The standard InChI is InChI=1S/C18H28N2O7S2/c1-4-11-28(22,23)19-15-8-9-17(16(12-15)26-3)29(24,25)20-10-6-7-14(13-20)18(21)27-5-2/h8-9,12,14,19H,4-7,10-11,13H2,1-3H3. The van der Waals surface area contributed by atoms with E-state index in [9.17, 15) is 21.6 Å². The fourth-order valence-corrected chi connectivity index (χ4v) is 5.98. The summed E-state index contributed by atoms with van der Waals surface area (Å²) in [5.41, 5.74) is 0.220. The lowest BCUT2D eigenvalue weighted by Crippen LogP contribution is -2.42. The lowest BCUT2D eigenvalue weighted by atomic mass is 10.0. The van der Waals surface area contributed by atoms with Crippen LogP contribution in [-0.2, 0) is 29.6 Å². The summed E-state index contributed by atoms with van der Waals surface area (Å²) in [5, 5.41) is 0. The highest BCUT2D eigenvalue weighted by molar-refractivity contribution is 7.92. The first-order chi connectivity index (χ1) is 13.6. The van der Waals surface area contributed by atoms with Crippen molar-refractivity contribution >= 4 is 31.7 Å². The third-order valence-electron chi connectivity index (χ3n) is 4.53. The van der Waals surface area contributed by atoms with Crippen molar-refractivity contribution in [1.29, 1.82) is 0 Å². The summed E-state index contributed by atoms with van der Waals surface area (Å²) in [6.07, 6.45) is 1.57. The Balaban J connectivity index is 2.28. The Morgan fingerprint density at radius 2 is 1.97 bits per heavy atom. The van der Waals surface area contributed by atoms with Crippen LogP contribution in [0.3, 0.4) is 0 Å². The van der Waals surface area contributed by atoms with Crippen molar-refractivity contribution in [2.75, 3.05) is 37.3 Å². The number of methoxy groups -OCH3 is 1. The quantitative estimate of drug-likeness (QED) is 0.572. The van der Waals surface area contributed by atoms with Crippen LogP contribution in [0.2, 0.25) is 0 Å². The highest BCUT2D eigenvalue weighted by atomic mass is 32.2. The van der Waals surface area contributed by atoms with Crippen LogP contribution >= 0.6 is 0 Å². The summed E-state index contributed by atoms with van der Waals surface area (Å²) < 4.78 is 64.1. The molecule has 1 aromatic rings. The molecule has 0 radical (unpaired) electrons. The van der Waals surface area contributed by atoms with E-state index < -0.39 is 31.9 Å². The molecule has 1 saturated heterocycles. The number of sulfonamides is 2. The molecule has 2 rings (SSSR count). The van der Waals surface area contributed by atoms with Crippen molar-refractivity contribution in [2.45, 2.75) is 38.0 Å². The minimum atomic E-state index is -3.93. The summed E-state index contributed by atoms with van der Waals surface area (Å²) >= 11 is 0. The van der Waals surface area contributed by atoms with Crippen molar-refractivity contribution in [3.05, 3.63) is 18.2 Å². The zero-order chi connectivity index (χ0) is 21.7. The summed E-state index contributed by atoms with van der Waals surface area (Å²) in [6.45, 7) is 4.01. The van der Waals surface area contributed by atoms with E-state index in [1.807, 2.05) is 0 Å². The number of rotatable bonds is 9. The molecule has 29 heavy (non-hydrogen) atoms. The molecule has 9 nitrogen and oxygen atoms in total. The minimum absolute atomic E-state index is 0.0277. The predicted molar refractivity (Wildman–Crippen MR) is 109 cm³/mol. The molecule has 1 aliphatic heterocycles. The molecule has 1 N–H and O–H groups in total. The SMILES string of the molecule is CCCS(=O)(=O)Nc1ccc(S(=O)(=O)N2CCCC(C(=O)OCC)C2)c(OC)c1. The molecule has 0 saturated carbocycles. The topological polar surface area (TPSA) is 119 Å². The van der Waals surface area contributed by atoms with Gasteiger partial charge in [-0.3, -0.25) is 9.52 Å². The molecule has 1 unspecified atom stereocenters. The highest BCUT2D eigenvalue weighted by Crippen LogP contribution is 2.32. The van der Waals surface area contributed by atoms with Crippen LogP contribution in [0.4, 0.5) is 5.69 Å². The number of nitrogens with one attached hydrogen (secondary N) is 1. The van der Waals surface area contributed by atoms with Crippen molar-refractivity contribution in [3.63, 3.8) is 0 Å². The summed E-state index contributed by atoms with van der Waals surface area (Å²) in [6, 6.07) is 4.04. The molecule has 1 aliphatic rings. The van der Waals surface area contributed by atoms with E-state index in [2.05, 4.69) is 4.72 Å². The molecule has 0 aromatic heterocycles. The molecule has 11 heteroatoms. The number of nitrogens with zero attached hydrogens (tertiary/aromatic N) is 1.